The average Bonchev–Trinajstić information content (AvgIpc) is 2.69. The predicted octanol–water partition coefficient (Wildman–Crippen LogP) is 2.16. The minimum absolute atomic E-state index is 0.0908. The van der Waals surface area contributed by atoms with Crippen molar-refractivity contribution in [2.75, 3.05) is 5.32 Å². The number of rotatable bonds is 4. The number of H-pyrrole nitrogens is 1. The largest absolute Gasteiger partial charge is 0.367 e. The van der Waals surface area contributed by atoms with Gasteiger partial charge >= 0.3 is 0 Å². The number of hydrogen-bond donors (Lipinski definition) is 2. The molecule has 2 N–H and O–H groups in total. The minimum atomic E-state index is -0.0908. The molecule has 0 atom stereocenters. The van der Waals surface area contributed by atoms with Gasteiger partial charge in [-0.05, 0) is 31.7 Å². The SMILES string of the molecule is O=c1ccnc(C2CCC(Nc3cc(-c4ncccn4)ncn3)CC2)[nH]1. The Hall–Kier alpha value is -3.16. The van der Waals surface area contributed by atoms with Crippen molar-refractivity contribution in [2.24, 2.45) is 0 Å². The molecule has 132 valence electrons. The van der Waals surface area contributed by atoms with Crippen LogP contribution in [0.4, 0.5) is 5.82 Å². The summed E-state index contributed by atoms with van der Waals surface area (Å²) in [6.07, 6.45) is 10.4. The van der Waals surface area contributed by atoms with E-state index in [4.69, 9.17) is 0 Å². The summed E-state index contributed by atoms with van der Waals surface area (Å²) in [4.78, 5) is 35.6. The first kappa shape index (κ1) is 16.3. The topological polar surface area (TPSA) is 109 Å². The number of nitrogens with one attached hydrogen (secondary N) is 2. The maximum absolute atomic E-state index is 11.5. The standard InChI is InChI=1S/C18H19N7O/c26-16-6-9-21-17(25-16)12-2-4-13(5-3-12)24-15-10-14(22-11-23-15)18-19-7-1-8-20-18/h1,6-13H,2-5H2,(H,21,25,26)(H,22,23,24). The minimum Gasteiger partial charge on any atom is -0.367 e. The molecule has 1 aliphatic rings. The van der Waals surface area contributed by atoms with Crippen molar-refractivity contribution in [1.82, 2.24) is 29.9 Å². The molecule has 0 radical (unpaired) electrons. The number of anilines is 1. The normalized spacial score (nSPS) is 19.8. The van der Waals surface area contributed by atoms with Crippen LogP contribution in [0.2, 0.25) is 0 Å². The smallest absolute Gasteiger partial charge is 0.250 e. The Bertz CT molecular complexity index is 920. The van der Waals surface area contributed by atoms with Crippen LogP contribution in [0.15, 0.2) is 47.9 Å². The van der Waals surface area contributed by atoms with Crippen molar-refractivity contribution in [2.45, 2.75) is 37.6 Å². The molecule has 3 aromatic heterocycles. The lowest BCUT2D eigenvalue weighted by Gasteiger charge is -2.28. The van der Waals surface area contributed by atoms with E-state index in [1.807, 2.05) is 6.07 Å². The number of aromatic amines is 1. The van der Waals surface area contributed by atoms with Crippen LogP contribution in [0.5, 0.6) is 0 Å². The van der Waals surface area contributed by atoms with E-state index in [1.54, 1.807) is 24.7 Å². The molecule has 1 saturated carbocycles. The Morgan fingerprint density at radius 3 is 2.54 bits per heavy atom. The van der Waals surface area contributed by atoms with Gasteiger partial charge in [-0.2, -0.15) is 0 Å². The van der Waals surface area contributed by atoms with Crippen molar-refractivity contribution >= 4 is 5.82 Å². The molecule has 1 aliphatic carbocycles. The molecule has 3 heterocycles. The molecule has 0 aromatic carbocycles. The fraction of sp³-hybridized carbons (Fsp3) is 0.333. The van der Waals surface area contributed by atoms with Crippen molar-refractivity contribution in [3.63, 3.8) is 0 Å². The van der Waals surface area contributed by atoms with Crippen LogP contribution in [0.1, 0.15) is 37.4 Å². The molecule has 4 rings (SSSR count). The zero-order valence-electron chi connectivity index (χ0n) is 14.2. The molecule has 0 unspecified atom stereocenters. The lowest BCUT2D eigenvalue weighted by atomic mass is 9.85. The van der Waals surface area contributed by atoms with E-state index in [0.29, 0.717) is 23.5 Å². The van der Waals surface area contributed by atoms with Crippen LogP contribution >= 0.6 is 0 Å². The summed E-state index contributed by atoms with van der Waals surface area (Å²) in [5.74, 6) is 2.46. The van der Waals surface area contributed by atoms with Crippen molar-refractivity contribution in [3.05, 3.63) is 59.3 Å². The maximum atomic E-state index is 11.5. The fourth-order valence-corrected chi connectivity index (χ4v) is 3.30. The number of nitrogens with zero attached hydrogens (tertiary/aromatic N) is 5. The highest BCUT2D eigenvalue weighted by molar-refractivity contribution is 5.54. The Kier molecular flexibility index (Phi) is 4.63. The van der Waals surface area contributed by atoms with E-state index in [-0.39, 0.29) is 5.56 Å². The average molecular weight is 349 g/mol. The van der Waals surface area contributed by atoms with Crippen LogP contribution < -0.4 is 10.9 Å². The Labute approximate surface area is 150 Å². The van der Waals surface area contributed by atoms with Crippen molar-refractivity contribution < 1.29 is 0 Å². The van der Waals surface area contributed by atoms with Crippen LogP contribution in [-0.2, 0) is 0 Å². The van der Waals surface area contributed by atoms with E-state index in [1.165, 1.54) is 12.4 Å². The van der Waals surface area contributed by atoms with Gasteiger partial charge in [0.15, 0.2) is 5.82 Å². The van der Waals surface area contributed by atoms with E-state index < -0.39 is 0 Å². The number of hydrogen-bond acceptors (Lipinski definition) is 7. The van der Waals surface area contributed by atoms with Gasteiger partial charge in [-0.15, -0.1) is 0 Å². The molecule has 0 bridgehead atoms. The molecule has 8 heteroatoms. The van der Waals surface area contributed by atoms with Gasteiger partial charge in [0.25, 0.3) is 5.56 Å². The van der Waals surface area contributed by atoms with Gasteiger partial charge in [0.2, 0.25) is 0 Å². The van der Waals surface area contributed by atoms with Gasteiger partial charge in [-0.1, -0.05) is 0 Å². The molecule has 8 nitrogen and oxygen atoms in total. The second-order valence-electron chi connectivity index (χ2n) is 6.37. The number of aromatic nitrogens is 6. The second-order valence-corrected chi connectivity index (χ2v) is 6.37. The van der Waals surface area contributed by atoms with Gasteiger partial charge < -0.3 is 10.3 Å². The van der Waals surface area contributed by atoms with Crippen molar-refractivity contribution in [3.8, 4) is 11.5 Å². The Balaban J connectivity index is 1.40. The maximum Gasteiger partial charge on any atom is 0.250 e. The molecule has 0 saturated heterocycles. The zero-order chi connectivity index (χ0) is 17.8. The molecular weight excluding hydrogens is 330 g/mol. The van der Waals surface area contributed by atoms with Gasteiger partial charge in [0.05, 0.1) is 0 Å². The lowest BCUT2D eigenvalue weighted by Crippen LogP contribution is -2.27. The highest BCUT2D eigenvalue weighted by Gasteiger charge is 2.24. The highest BCUT2D eigenvalue weighted by Crippen LogP contribution is 2.31. The first-order valence-electron chi connectivity index (χ1n) is 8.69. The lowest BCUT2D eigenvalue weighted by molar-refractivity contribution is 0.399. The summed E-state index contributed by atoms with van der Waals surface area (Å²) in [6.45, 7) is 0. The van der Waals surface area contributed by atoms with E-state index >= 15 is 0 Å². The van der Waals surface area contributed by atoms with E-state index in [9.17, 15) is 4.79 Å². The van der Waals surface area contributed by atoms with E-state index in [0.717, 1.165) is 37.3 Å². The molecular formula is C18H19N7O. The van der Waals surface area contributed by atoms with Crippen LogP contribution in [-0.4, -0.2) is 35.9 Å². The summed E-state index contributed by atoms with van der Waals surface area (Å²) < 4.78 is 0. The third kappa shape index (κ3) is 3.74. The van der Waals surface area contributed by atoms with Crippen molar-refractivity contribution in [1.29, 1.82) is 0 Å². The molecule has 0 amide bonds. The summed E-state index contributed by atoms with van der Waals surface area (Å²) in [6, 6.07) is 5.43. The summed E-state index contributed by atoms with van der Waals surface area (Å²) >= 11 is 0. The summed E-state index contributed by atoms with van der Waals surface area (Å²) in [5.41, 5.74) is 0.606. The predicted molar refractivity (Wildman–Crippen MR) is 96.5 cm³/mol. The van der Waals surface area contributed by atoms with Gasteiger partial charge in [-0.3, -0.25) is 4.79 Å². The van der Waals surface area contributed by atoms with Crippen LogP contribution in [0, 0.1) is 0 Å². The zero-order valence-corrected chi connectivity index (χ0v) is 14.2. The molecule has 26 heavy (non-hydrogen) atoms. The third-order valence-electron chi connectivity index (χ3n) is 4.62. The first-order valence-corrected chi connectivity index (χ1v) is 8.69. The van der Waals surface area contributed by atoms with Gasteiger partial charge in [0.1, 0.15) is 23.7 Å². The van der Waals surface area contributed by atoms with Crippen LogP contribution in [0.25, 0.3) is 11.5 Å². The van der Waals surface area contributed by atoms with Gasteiger partial charge in [0, 0.05) is 42.7 Å². The highest BCUT2D eigenvalue weighted by atomic mass is 16.1. The quantitative estimate of drug-likeness (QED) is 0.742. The Morgan fingerprint density at radius 2 is 1.77 bits per heavy atom. The van der Waals surface area contributed by atoms with Crippen LogP contribution in [0.3, 0.4) is 0 Å². The molecule has 1 fully saturated rings. The Morgan fingerprint density at radius 1 is 0.962 bits per heavy atom. The summed E-state index contributed by atoms with van der Waals surface area (Å²) in [7, 11) is 0. The molecule has 0 aliphatic heterocycles. The molecule has 0 spiro atoms. The van der Waals surface area contributed by atoms with E-state index in [2.05, 4.69) is 35.2 Å². The third-order valence-corrected chi connectivity index (χ3v) is 4.62. The summed E-state index contributed by atoms with van der Waals surface area (Å²) in [5, 5.41) is 3.48. The fourth-order valence-electron chi connectivity index (χ4n) is 3.30. The van der Waals surface area contributed by atoms with Gasteiger partial charge in [-0.25, -0.2) is 24.9 Å². The first-order chi connectivity index (χ1) is 12.8. The molecule has 3 aromatic rings. The second kappa shape index (κ2) is 7.38. The monoisotopic (exact) mass is 349 g/mol.